The Morgan fingerprint density at radius 2 is 2.16 bits per heavy atom. The van der Waals surface area contributed by atoms with Crippen LogP contribution < -0.4 is 5.73 Å². The summed E-state index contributed by atoms with van der Waals surface area (Å²) in [6.07, 6.45) is 7.08. The summed E-state index contributed by atoms with van der Waals surface area (Å²) in [5.74, 6) is 0. The molecule has 2 nitrogen and oxygen atoms in total. The normalized spacial score (nSPS) is 23.7. The minimum absolute atomic E-state index is 0.262. The minimum atomic E-state index is 0.262. The molecule has 0 heterocycles. The largest absolute Gasteiger partial charge is 0.393 e. The van der Waals surface area contributed by atoms with Gasteiger partial charge in [-0.3, -0.25) is 0 Å². The highest BCUT2D eigenvalue weighted by Crippen LogP contribution is 2.50. The molecule has 1 atom stereocenters. The van der Waals surface area contributed by atoms with Gasteiger partial charge in [0.05, 0.1) is 17.7 Å². The van der Waals surface area contributed by atoms with Gasteiger partial charge in [-0.1, -0.05) is 36.5 Å². The zero-order chi connectivity index (χ0) is 13.3. The van der Waals surface area contributed by atoms with Gasteiger partial charge in [0.2, 0.25) is 0 Å². The second-order valence-corrected chi connectivity index (χ2v) is 6.56. The molecule has 0 spiro atoms. The maximum Gasteiger partial charge on any atom is 0.0828 e. The number of rotatable bonds is 5. The van der Waals surface area contributed by atoms with Crippen molar-refractivity contribution in [1.82, 2.24) is 0 Å². The molecule has 0 radical (unpaired) electrons. The second kappa shape index (κ2) is 5.22. The Kier molecular flexibility index (Phi) is 3.59. The number of benzene rings is 1. The van der Waals surface area contributed by atoms with Crippen molar-refractivity contribution in [3.63, 3.8) is 0 Å². The van der Waals surface area contributed by atoms with Crippen LogP contribution in [0.15, 0.2) is 24.3 Å². The summed E-state index contributed by atoms with van der Waals surface area (Å²) >= 11 is 5.04. The topological polar surface area (TPSA) is 35.2 Å². The van der Waals surface area contributed by atoms with Gasteiger partial charge in [0.1, 0.15) is 0 Å². The first kappa shape index (κ1) is 13.1. The van der Waals surface area contributed by atoms with E-state index in [1.165, 1.54) is 36.8 Å². The number of hydrogen-bond donors (Lipinski definition) is 1. The van der Waals surface area contributed by atoms with Gasteiger partial charge in [0, 0.05) is 11.8 Å². The van der Waals surface area contributed by atoms with E-state index in [1.54, 1.807) is 0 Å². The number of fused-ring (bicyclic) bond motifs is 1. The minimum Gasteiger partial charge on any atom is -0.393 e. The van der Waals surface area contributed by atoms with Crippen LogP contribution in [0.5, 0.6) is 0 Å². The van der Waals surface area contributed by atoms with E-state index in [0.717, 1.165) is 19.4 Å². The molecule has 0 aliphatic heterocycles. The lowest BCUT2D eigenvalue weighted by molar-refractivity contribution is 0.0127. The quantitative estimate of drug-likeness (QED) is 0.835. The molecule has 0 amide bonds. The average molecular weight is 275 g/mol. The summed E-state index contributed by atoms with van der Waals surface area (Å²) in [4.78, 5) is 0.630. The van der Waals surface area contributed by atoms with Crippen molar-refractivity contribution < 1.29 is 4.74 Å². The van der Waals surface area contributed by atoms with Crippen molar-refractivity contribution in [2.24, 2.45) is 11.1 Å². The Morgan fingerprint density at radius 1 is 1.37 bits per heavy atom. The molecule has 2 aliphatic rings. The zero-order valence-electron chi connectivity index (χ0n) is 11.2. The Morgan fingerprint density at radius 3 is 2.89 bits per heavy atom. The van der Waals surface area contributed by atoms with Crippen LogP contribution in [0.1, 0.15) is 49.3 Å². The molecule has 1 aromatic carbocycles. The lowest BCUT2D eigenvalue weighted by atomic mass is 9.89. The summed E-state index contributed by atoms with van der Waals surface area (Å²) in [7, 11) is 0. The van der Waals surface area contributed by atoms with Gasteiger partial charge in [0.15, 0.2) is 0 Å². The van der Waals surface area contributed by atoms with E-state index in [1.807, 2.05) is 0 Å². The van der Waals surface area contributed by atoms with Gasteiger partial charge in [-0.15, -0.1) is 0 Å². The SMILES string of the molecule is NC(=S)CC1(COC2CCCc3ccccc32)CC1. The van der Waals surface area contributed by atoms with Crippen molar-refractivity contribution in [1.29, 1.82) is 0 Å². The van der Waals surface area contributed by atoms with Gasteiger partial charge in [-0.2, -0.15) is 0 Å². The highest BCUT2D eigenvalue weighted by molar-refractivity contribution is 7.80. The van der Waals surface area contributed by atoms with E-state index in [-0.39, 0.29) is 11.5 Å². The standard InChI is InChI=1S/C16H21NOS/c17-15(19)10-16(8-9-16)11-18-14-7-3-5-12-4-1-2-6-13(12)14/h1-2,4,6,14H,3,5,7-11H2,(H2,17,19). The van der Waals surface area contributed by atoms with E-state index in [2.05, 4.69) is 24.3 Å². The Hall–Kier alpha value is -0.930. The lowest BCUT2D eigenvalue weighted by Crippen LogP contribution is -2.22. The summed E-state index contributed by atoms with van der Waals surface area (Å²) in [6, 6.07) is 8.68. The van der Waals surface area contributed by atoms with E-state index >= 15 is 0 Å². The van der Waals surface area contributed by atoms with Gasteiger partial charge >= 0.3 is 0 Å². The summed E-state index contributed by atoms with van der Waals surface area (Å²) in [6.45, 7) is 0.809. The van der Waals surface area contributed by atoms with E-state index in [9.17, 15) is 0 Å². The van der Waals surface area contributed by atoms with Crippen LogP contribution in [0, 0.1) is 5.41 Å². The van der Waals surface area contributed by atoms with Crippen LogP contribution in [0.4, 0.5) is 0 Å². The molecule has 1 unspecified atom stereocenters. The van der Waals surface area contributed by atoms with Crippen LogP contribution in [0.25, 0.3) is 0 Å². The third-order valence-electron chi connectivity index (χ3n) is 4.41. The first-order valence-electron chi connectivity index (χ1n) is 7.16. The monoisotopic (exact) mass is 275 g/mol. The predicted octanol–water partition coefficient (Wildman–Crippen LogP) is 3.54. The molecule has 3 rings (SSSR count). The third-order valence-corrected chi connectivity index (χ3v) is 4.56. The van der Waals surface area contributed by atoms with Crippen LogP contribution in [-0.2, 0) is 11.2 Å². The molecule has 19 heavy (non-hydrogen) atoms. The van der Waals surface area contributed by atoms with E-state index in [4.69, 9.17) is 22.7 Å². The molecule has 3 heteroatoms. The predicted molar refractivity (Wildman–Crippen MR) is 81.1 cm³/mol. The first-order valence-corrected chi connectivity index (χ1v) is 7.57. The first-order chi connectivity index (χ1) is 9.19. The van der Waals surface area contributed by atoms with Crippen LogP contribution >= 0.6 is 12.2 Å². The molecule has 102 valence electrons. The zero-order valence-corrected chi connectivity index (χ0v) is 12.0. The van der Waals surface area contributed by atoms with Gasteiger partial charge in [-0.25, -0.2) is 0 Å². The van der Waals surface area contributed by atoms with Crippen molar-refractivity contribution in [2.75, 3.05) is 6.61 Å². The van der Waals surface area contributed by atoms with Gasteiger partial charge < -0.3 is 10.5 Å². The van der Waals surface area contributed by atoms with E-state index < -0.39 is 0 Å². The molecular weight excluding hydrogens is 254 g/mol. The maximum atomic E-state index is 6.22. The molecule has 2 N–H and O–H groups in total. The third kappa shape index (κ3) is 2.98. The van der Waals surface area contributed by atoms with Crippen molar-refractivity contribution >= 4 is 17.2 Å². The number of aryl methyl sites for hydroxylation is 1. The molecule has 1 fully saturated rings. The molecule has 0 bridgehead atoms. The molecular formula is C16H21NOS. The van der Waals surface area contributed by atoms with Crippen LogP contribution in [0.3, 0.4) is 0 Å². The molecule has 1 aromatic rings. The van der Waals surface area contributed by atoms with Gasteiger partial charge in [0.25, 0.3) is 0 Å². The molecule has 1 saturated carbocycles. The Bertz CT molecular complexity index is 481. The summed E-state index contributed by atoms with van der Waals surface area (Å²) < 4.78 is 6.22. The average Bonchev–Trinajstić information content (AvgIpc) is 3.15. The Balaban J connectivity index is 1.64. The summed E-state index contributed by atoms with van der Waals surface area (Å²) in [5.41, 5.74) is 8.79. The lowest BCUT2D eigenvalue weighted by Gasteiger charge is -2.27. The van der Waals surface area contributed by atoms with Crippen molar-refractivity contribution in [2.45, 2.75) is 44.6 Å². The van der Waals surface area contributed by atoms with E-state index in [0.29, 0.717) is 4.99 Å². The number of ether oxygens (including phenoxy) is 1. The fourth-order valence-electron chi connectivity index (χ4n) is 3.08. The molecule has 2 aliphatic carbocycles. The number of thiocarbonyl (C=S) groups is 1. The Labute approximate surface area is 120 Å². The van der Waals surface area contributed by atoms with Crippen molar-refractivity contribution in [3.05, 3.63) is 35.4 Å². The van der Waals surface area contributed by atoms with Crippen molar-refractivity contribution in [3.8, 4) is 0 Å². The number of nitrogens with two attached hydrogens (primary N) is 1. The highest BCUT2D eigenvalue weighted by atomic mass is 32.1. The summed E-state index contributed by atoms with van der Waals surface area (Å²) in [5, 5.41) is 0. The fraction of sp³-hybridized carbons (Fsp3) is 0.562. The highest BCUT2D eigenvalue weighted by Gasteiger charge is 2.43. The smallest absolute Gasteiger partial charge is 0.0828 e. The second-order valence-electron chi connectivity index (χ2n) is 6.03. The molecule has 0 saturated heterocycles. The number of hydrogen-bond acceptors (Lipinski definition) is 2. The molecule has 0 aromatic heterocycles. The van der Waals surface area contributed by atoms with Crippen LogP contribution in [-0.4, -0.2) is 11.6 Å². The maximum absolute atomic E-state index is 6.22. The fourth-order valence-corrected chi connectivity index (χ4v) is 3.38. The van der Waals surface area contributed by atoms with Gasteiger partial charge in [-0.05, 0) is 43.2 Å². The van der Waals surface area contributed by atoms with Crippen LogP contribution in [0.2, 0.25) is 0 Å².